The van der Waals surface area contributed by atoms with E-state index in [9.17, 15) is 13.2 Å². The molecule has 2 fully saturated rings. The largest absolute Gasteiger partial charge is 0.454 e. The quantitative estimate of drug-likeness (QED) is 0.475. The number of ether oxygens (including phenoxy) is 2. The number of benzene rings is 2. The normalized spacial score (nSPS) is 21.7. The average Bonchev–Trinajstić information content (AvgIpc) is 3.44. The summed E-state index contributed by atoms with van der Waals surface area (Å²) in [4.78, 5) is 20.1. The monoisotopic (exact) mass is 555 g/mol. The van der Waals surface area contributed by atoms with E-state index in [0.29, 0.717) is 35.9 Å². The Morgan fingerprint density at radius 1 is 0.974 bits per heavy atom. The van der Waals surface area contributed by atoms with Crippen molar-refractivity contribution in [1.82, 2.24) is 14.7 Å². The molecule has 0 bridgehead atoms. The SMILES string of the molecule is CCCCC(=O)N1CCC(N2CCN([C@@H](C)c3ccc(S(=O)(=O)c4ccc5c(c4)OCO5)cc3)[C@H](C)C2)CC1. The fourth-order valence-electron chi connectivity index (χ4n) is 6.17. The van der Waals surface area contributed by atoms with Crippen LogP contribution < -0.4 is 9.47 Å². The Morgan fingerprint density at radius 3 is 2.36 bits per heavy atom. The Bertz CT molecular complexity index is 1260. The zero-order valence-electron chi connectivity index (χ0n) is 23.3. The molecule has 212 valence electrons. The number of piperazine rings is 1. The summed E-state index contributed by atoms with van der Waals surface area (Å²) in [5, 5.41) is 0. The number of amides is 1. The summed E-state index contributed by atoms with van der Waals surface area (Å²) in [5.41, 5.74) is 1.11. The number of hydrogen-bond acceptors (Lipinski definition) is 7. The molecule has 5 rings (SSSR count). The van der Waals surface area contributed by atoms with Crippen LogP contribution in [-0.4, -0.2) is 80.6 Å². The van der Waals surface area contributed by atoms with Crippen molar-refractivity contribution < 1.29 is 22.7 Å². The van der Waals surface area contributed by atoms with Gasteiger partial charge in [-0.05, 0) is 62.9 Å². The second-order valence-electron chi connectivity index (χ2n) is 11.1. The summed E-state index contributed by atoms with van der Waals surface area (Å²) in [7, 11) is -3.65. The summed E-state index contributed by atoms with van der Waals surface area (Å²) >= 11 is 0. The highest BCUT2D eigenvalue weighted by Crippen LogP contribution is 2.36. The first-order chi connectivity index (χ1) is 18.8. The number of likely N-dealkylation sites (tertiary alicyclic amines) is 1. The molecule has 9 heteroatoms. The molecule has 3 aliphatic heterocycles. The van der Waals surface area contributed by atoms with Crippen molar-refractivity contribution in [2.45, 2.75) is 80.8 Å². The molecule has 0 radical (unpaired) electrons. The molecule has 2 saturated heterocycles. The zero-order valence-corrected chi connectivity index (χ0v) is 24.2. The van der Waals surface area contributed by atoms with Crippen molar-refractivity contribution in [2.24, 2.45) is 0 Å². The zero-order chi connectivity index (χ0) is 27.6. The van der Waals surface area contributed by atoms with E-state index >= 15 is 0 Å². The first-order valence-corrected chi connectivity index (χ1v) is 15.8. The van der Waals surface area contributed by atoms with Gasteiger partial charge in [0.1, 0.15) is 0 Å². The first kappa shape index (κ1) is 27.9. The lowest BCUT2D eigenvalue weighted by Gasteiger charge is -2.47. The maximum Gasteiger partial charge on any atom is 0.231 e. The van der Waals surface area contributed by atoms with E-state index in [2.05, 4.69) is 35.5 Å². The minimum Gasteiger partial charge on any atom is -0.454 e. The second-order valence-corrected chi connectivity index (χ2v) is 13.0. The van der Waals surface area contributed by atoms with Crippen molar-refractivity contribution in [2.75, 3.05) is 39.5 Å². The molecule has 3 heterocycles. The summed E-state index contributed by atoms with van der Waals surface area (Å²) < 4.78 is 37.1. The minimum absolute atomic E-state index is 0.109. The average molecular weight is 556 g/mol. The van der Waals surface area contributed by atoms with E-state index < -0.39 is 9.84 Å². The van der Waals surface area contributed by atoms with E-state index in [1.165, 1.54) is 6.07 Å². The van der Waals surface area contributed by atoms with Gasteiger partial charge < -0.3 is 14.4 Å². The number of hydrogen-bond donors (Lipinski definition) is 0. The van der Waals surface area contributed by atoms with Crippen LogP contribution in [0.5, 0.6) is 11.5 Å². The van der Waals surface area contributed by atoms with Crippen LogP contribution in [-0.2, 0) is 14.6 Å². The molecular weight excluding hydrogens is 514 g/mol. The van der Waals surface area contributed by atoms with Crippen LogP contribution in [0.1, 0.15) is 64.5 Å². The third-order valence-corrected chi connectivity index (χ3v) is 10.4. The Hall–Kier alpha value is -2.62. The van der Waals surface area contributed by atoms with Crippen molar-refractivity contribution in [3.8, 4) is 11.5 Å². The summed E-state index contributed by atoms with van der Waals surface area (Å²) in [5.74, 6) is 1.34. The van der Waals surface area contributed by atoms with Crippen molar-refractivity contribution in [3.05, 3.63) is 48.0 Å². The number of piperidine rings is 1. The third kappa shape index (κ3) is 5.95. The lowest BCUT2D eigenvalue weighted by molar-refractivity contribution is -0.133. The van der Waals surface area contributed by atoms with Crippen molar-refractivity contribution in [1.29, 1.82) is 0 Å². The molecule has 1 amide bonds. The molecule has 0 aliphatic carbocycles. The molecule has 2 atom stereocenters. The van der Waals surface area contributed by atoms with E-state index in [-0.39, 0.29) is 22.6 Å². The fraction of sp³-hybridized carbons (Fsp3) is 0.567. The Labute approximate surface area is 232 Å². The van der Waals surface area contributed by atoms with Gasteiger partial charge in [-0.25, -0.2) is 8.42 Å². The van der Waals surface area contributed by atoms with Gasteiger partial charge in [-0.3, -0.25) is 14.6 Å². The van der Waals surface area contributed by atoms with Gasteiger partial charge in [-0.15, -0.1) is 0 Å². The van der Waals surface area contributed by atoms with Gasteiger partial charge >= 0.3 is 0 Å². The molecule has 0 aromatic heterocycles. The Kier molecular flexibility index (Phi) is 8.49. The molecule has 8 nitrogen and oxygen atoms in total. The summed E-state index contributed by atoms with van der Waals surface area (Å²) in [6, 6.07) is 13.1. The number of sulfone groups is 1. The smallest absolute Gasteiger partial charge is 0.231 e. The standard InChI is InChI=1S/C30H41N3O5S/c1-4-5-6-30(34)31-15-13-25(14-16-31)32-17-18-33(22(2)20-32)23(3)24-7-9-26(10-8-24)39(35,36)27-11-12-28-29(19-27)38-21-37-28/h7-12,19,22-23,25H,4-6,13-18,20-21H2,1-3H3/t22-,23+/m1/s1. The van der Waals surface area contributed by atoms with Gasteiger partial charge in [0.2, 0.25) is 22.5 Å². The molecule has 0 saturated carbocycles. The first-order valence-electron chi connectivity index (χ1n) is 14.3. The molecule has 39 heavy (non-hydrogen) atoms. The number of carbonyl (C=O) groups is 1. The molecule has 0 N–H and O–H groups in total. The highest BCUT2D eigenvalue weighted by Gasteiger charge is 2.33. The van der Waals surface area contributed by atoms with E-state index in [1.807, 2.05) is 12.1 Å². The van der Waals surface area contributed by atoms with Gasteiger partial charge in [-0.1, -0.05) is 25.5 Å². The molecule has 2 aromatic carbocycles. The van der Waals surface area contributed by atoms with Gasteiger partial charge in [0.05, 0.1) is 9.79 Å². The predicted octanol–water partition coefficient (Wildman–Crippen LogP) is 4.50. The molecular formula is C30H41N3O5S. The maximum atomic E-state index is 13.2. The van der Waals surface area contributed by atoms with Crippen LogP contribution in [0.2, 0.25) is 0 Å². The summed E-state index contributed by atoms with van der Waals surface area (Å²) in [6.07, 6.45) is 4.83. The van der Waals surface area contributed by atoms with Crippen LogP contribution in [0.4, 0.5) is 0 Å². The number of unbranched alkanes of at least 4 members (excludes halogenated alkanes) is 1. The number of nitrogens with zero attached hydrogens (tertiary/aromatic N) is 3. The Morgan fingerprint density at radius 2 is 1.67 bits per heavy atom. The number of fused-ring (bicyclic) bond motifs is 1. The third-order valence-electron chi connectivity index (χ3n) is 8.61. The van der Waals surface area contributed by atoms with Crippen LogP contribution >= 0.6 is 0 Å². The number of rotatable bonds is 8. The molecule has 0 unspecified atom stereocenters. The van der Waals surface area contributed by atoms with Crippen molar-refractivity contribution >= 4 is 15.7 Å². The van der Waals surface area contributed by atoms with Crippen molar-refractivity contribution in [3.63, 3.8) is 0 Å². The van der Waals surface area contributed by atoms with E-state index in [4.69, 9.17) is 9.47 Å². The minimum atomic E-state index is -3.65. The van der Waals surface area contributed by atoms with Gasteiger partial charge in [-0.2, -0.15) is 0 Å². The molecule has 0 spiro atoms. The lowest BCUT2D eigenvalue weighted by Crippen LogP contribution is -2.57. The van der Waals surface area contributed by atoms with Gasteiger partial charge in [0, 0.05) is 63.3 Å². The summed E-state index contributed by atoms with van der Waals surface area (Å²) in [6.45, 7) is 11.5. The predicted molar refractivity (Wildman–Crippen MR) is 150 cm³/mol. The van der Waals surface area contributed by atoms with E-state index in [0.717, 1.165) is 64.0 Å². The van der Waals surface area contributed by atoms with Crippen LogP contribution in [0, 0.1) is 0 Å². The molecule has 2 aromatic rings. The topological polar surface area (TPSA) is 79.4 Å². The Balaban J connectivity index is 1.17. The van der Waals surface area contributed by atoms with Crippen LogP contribution in [0.15, 0.2) is 52.3 Å². The highest BCUT2D eigenvalue weighted by atomic mass is 32.2. The maximum absolute atomic E-state index is 13.2. The second kappa shape index (κ2) is 11.9. The molecule has 3 aliphatic rings. The van der Waals surface area contributed by atoms with E-state index in [1.54, 1.807) is 24.3 Å². The van der Waals surface area contributed by atoms with Crippen LogP contribution in [0.3, 0.4) is 0 Å². The van der Waals surface area contributed by atoms with Gasteiger partial charge in [0.15, 0.2) is 11.5 Å². The van der Waals surface area contributed by atoms with Crippen LogP contribution in [0.25, 0.3) is 0 Å². The number of carbonyl (C=O) groups excluding carboxylic acids is 1. The highest BCUT2D eigenvalue weighted by molar-refractivity contribution is 7.91. The van der Waals surface area contributed by atoms with Gasteiger partial charge in [0.25, 0.3) is 0 Å². The lowest BCUT2D eigenvalue weighted by atomic mass is 9.98. The fourth-order valence-corrected chi connectivity index (χ4v) is 7.45.